The third-order valence-corrected chi connectivity index (χ3v) is 5.05. The van der Waals surface area contributed by atoms with Crippen LogP contribution in [0.3, 0.4) is 0 Å². The molecule has 1 heterocycles. The first-order chi connectivity index (χ1) is 15.6. The lowest BCUT2D eigenvalue weighted by molar-refractivity contribution is -0.113. The molecule has 1 amide bonds. The third-order valence-electron chi connectivity index (χ3n) is 5.05. The van der Waals surface area contributed by atoms with Crippen molar-refractivity contribution in [3.63, 3.8) is 0 Å². The lowest BCUT2D eigenvalue weighted by Crippen LogP contribution is -2.32. The fraction of sp³-hybridized carbons (Fsp3) is 0.154. The molecule has 0 radical (unpaired) electrons. The van der Waals surface area contributed by atoms with Crippen LogP contribution in [0.15, 0.2) is 83.5 Å². The van der Waals surface area contributed by atoms with Crippen LogP contribution in [-0.4, -0.2) is 32.6 Å². The van der Waals surface area contributed by atoms with Gasteiger partial charge in [0.05, 0.1) is 26.5 Å². The number of carbonyl (C=O) groups is 1. The highest BCUT2D eigenvalue weighted by Gasteiger charge is 2.32. The second-order valence-corrected chi connectivity index (χ2v) is 7.00. The summed E-state index contributed by atoms with van der Waals surface area (Å²) in [7, 11) is 3.22. The van der Waals surface area contributed by atoms with Crippen LogP contribution in [-0.2, 0) is 4.79 Å². The van der Waals surface area contributed by atoms with Gasteiger partial charge in [-0.2, -0.15) is 0 Å². The molecule has 162 valence electrons. The third kappa shape index (κ3) is 4.21. The normalized spacial score (nSPS) is 14.5. The first-order valence-corrected chi connectivity index (χ1v) is 10.3. The van der Waals surface area contributed by atoms with Gasteiger partial charge in [-0.3, -0.25) is 9.69 Å². The molecule has 0 aromatic heterocycles. The number of amidine groups is 1. The standard InChI is InChI=1S/C26H24N2O4/c1-4-32-22-15-11-20(12-16-22)28-25(18-9-13-21(30-2)14-10-18)27-23(26(28)29)17-19-7-5-6-8-24(19)31-3/h5-17H,4H2,1-3H3/b23-17+. The molecule has 0 N–H and O–H groups in total. The molecule has 6 nitrogen and oxygen atoms in total. The minimum atomic E-state index is -0.217. The molecule has 0 unspecified atom stereocenters. The monoisotopic (exact) mass is 428 g/mol. The van der Waals surface area contributed by atoms with Crippen molar-refractivity contribution in [2.75, 3.05) is 25.7 Å². The van der Waals surface area contributed by atoms with E-state index in [1.165, 1.54) is 0 Å². The summed E-state index contributed by atoms with van der Waals surface area (Å²) in [6, 6.07) is 22.4. The number of para-hydroxylation sites is 1. The molecular formula is C26H24N2O4. The van der Waals surface area contributed by atoms with Gasteiger partial charge in [-0.05, 0) is 67.6 Å². The van der Waals surface area contributed by atoms with E-state index in [0.717, 1.165) is 22.6 Å². The number of hydrogen-bond donors (Lipinski definition) is 0. The van der Waals surface area contributed by atoms with Gasteiger partial charge in [-0.1, -0.05) is 18.2 Å². The number of amides is 1. The molecule has 3 aromatic rings. The average molecular weight is 428 g/mol. The van der Waals surface area contributed by atoms with Crippen molar-refractivity contribution in [2.24, 2.45) is 4.99 Å². The molecule has 0 spiro atoms. The molecule has 0 saturated carbocycles. The predicted octanol–water partition coefficient (Wildman–Crippen LogP) is 4.94. The second-order valence-electron chi connectivity index (χ2n) is 7.00. The maximum absolute atomic E-state index is 13.5. The van der Waals surface area contributed by atoms with Gasteiger partial charge in [0.15, 0.2) is 0 Å². The Kier molecular flexibility index (Phi) is 6.22. The maximum atomic E-state index is 13.5. The number of benzene rings is 3. The summed E-state index contributed by atoms with van der Waals surface area (Å²) >= 11 is 0. The van der Waals surface area contributed by atoms with Gasteiger partial charge >= 0.3 is 0 Å². The highest BCUT2D eigenvalue weighted by Crippen LogP contribution is 2.31. The number of ether oxygens (including phenoxy) is 3. The van der Waals surface area contributed by atoms with Crippen LogP contribution in [0.25, 0.3) is 6.08 Å². The van der Waals surface area contributed by atoms with Gasteiger partial charge < -0.3 is 14.2 Å². The van der Waals surface area contributed by atoms with Gasteiger partial charge in [0, 0.05) is 11.1 Å². The van der Waals surface area contributed by atoms with Crippen LogP contribution < -0.4 is 19.1 Å². The molecule has 4 rings (SSSR count). The lowest BCUT2D eigenvalue weighted by Gasteiger charge is -2.19. The Morgan fingerprint density at radius 2 is 1.56 bits per heavy atom. The van der Waals surface area contributed by atoms with Gasteiger partial charge in [-0.25, -0.2) is 4.99 Å². The molecule has 0 atom stereocenters. The van der Waals surface area contributed by atoms with Crippen LogP contribution in [0.5, 0.6) is 17.2 Å². The Morgan fingerprint density at radius 3 is 2.22 bits per heavy atom. The summed E-state index contributed by atoms with van der Waals surface area (Å²) in [5, 5.41) is 0. The fourth-order valence-electron chi connectivity index (χ4n) is 3.48. The molecule has 0 aliphatic carbocycles. The number of nitrogens with zero attached hydrogens (tertiary/aromatic N) is 2. The van der Waals surface area contributed by atoms with Gasteiger partial charge in [0.2, 0.25) is 0 Å². The fourth-order valence-corrected chi connectivity index (χ4v) is 3.48. The summed E-state index contributed by atoms with van der Waals surface area (Å²) in [4.78, 5) is 19.8. The predicted molar refractivity (Wildman–Crippen MR) is 126 cm³/mol. The zero-order valence-corrected chi connectivity index (χ0v) is 18.2. The van der Waals surface area contributed by atoms with Crippen molar-refractivity contribution >= 4 is 23.5 Å². The molecule has 0 bridgehead atoms. The van der Waals surface area contributed by atoms with Crippen LogP contribution in [0.2, 0.25) is 0 Å². The summed E-state index contributed by atoms with van der Waals surface area (Å²) in [6.45, 7) is 2.51. The first kappa shape index (κ1) is 21.2. The Balaban J connectivity index is 1.79. The molecule has 0 saturated heterocycles. The van der Waals surface area contributed by atoms with Gasteiger partial charge in [0.25, 0.3) is 5.91 Å². The van der Waals surface area contributed by atoms with E-state index in [9.17, 15) is 4.79 Å². The Labute approximate surface area is 187 Å². The molecule has 1 aliphatic rings. The van der Waals surface area contributed by atoms with Gasteiger partial charge in [-0.15, -0.1) is 0 Å². The highest BCUT2D eigenvalue weighted by molar-refractivity contribution is 6.33. The summed E-state index contributed by atoms with van der Waals surface area (Å²) in [6.07, 6.45) is 1.75. The summed E-state index contributed by atoms with van der Waals surface area (Å²) in [5.74, 6) is 2.48. The van der Waals surface area contributed by atoms with E-state index in [2.05, 4.69) is 0 Å². The van der Waals surface area contributed by atoms with Crippen molar-refractivity contribution in [3.05, 3.63) is 89.6 Å². The Hall–Kier alpha value is -4.06. The smallest absolute Gasteiger partial charge is 0.282 e. The van der Waals surface area contributed by atoms with Crippen molar-refractivity contribution in [3.8, 4) is 17.2 Å². The van der Waals surface area contributed by atoms with Crippen molar-refractivity contribution in [2.45, 2.75) is 6.92 Å². The minimum Gasteiger partial charge on any atom is -0.497 e. The number of hydrogen-bond acceptors (Lipinski definition) is 5. The van der Waals surface area contributed by atoms with Crippen molar-refractivity contribution in [1.29, 1.82) is 0 Å². The zero-order valence-electron chi connectivity index (χ0n) is 18.2. The molecule has 32 heavy (non-hydrogen) atoms. The van der Waals surface area contributed by atoms with Crippen molar-refractivity contribution in [1.82, 2.24) is 0 Å². The van der Waals surface area contributed by atoms with Crippen LogP contribution >= 0.6 is 0 Å². The molecular weight excluding hydrogens is 404 g/mol. The average Bonchev–Trinajstić information content (AvgIpc) is 3.16. The maximum Gasteiger partial charge on any atom is 0.282 e. The topological polar surface area (TPSA) is 60.4 Å². The van der Waals surface area contributed by atoms with Crippen LogP contribution in [0, 0.1) is 0 Å². The molecule has 1 aliphatic heterocycles. The van der Waals surface area contributed by atoms with E-state index in [-0.39, 0.29) is 5.91 Å². The SMILES string of the molecule is CCOc1ccc(N2C(=O)/C(=C\c3ccccc3OC)N=C2c2ccc(OC)cc2)cc1. The molecule has 3 aromatic carbocycles. The molecule has 0 fully saturated rings. The second kappa shape index (κ2) is 9.39. The van der Waals surface area contributed by atoms with Crippen LogP contribution in [0.4, 0.5) is 5.69 Å². The summed E-state index contributed by atoms with van der Waals surface area (Å²) in [5.41, 5.74) is 2.62. The quantitative estimate of drug-likeness (QED) is 0.500. The summed E-state index contributed by atoms with van der Waals surface area (Å²) < 4.78 is 16.2. The van der Waals surface area contributed by atoms with E-state index >= 15 is 0 Å². The van der Waals surface area contributed by atoms with E-state index in [4.69, 9.17) is 19.2 Å². The molecule has 6 heteroatoms. The number of carbonyl (C=O) groups excluding carboxylic acids is 1. The Bertz CT molecular complexity index is 1170. The minimum absolute atomic E-state index is 0.217. The van der Waals surface area contributed by atoms with E-state index in [1.807, 2.05) is 79.7 Å². The Morgan fingerprint density at radius 1 is 0.875 bits per heavy atom. The largest absolute Gasteiger partial charge is 0.497 e. The highest BCUT2D eigenvalue weighted by atomic mass is 16.5. The van der Waals surface area contributed by atoms with Gasteiger partial charge in [0.1, 0.15) is 28.8 Å². The number of aliphatic imine (C=N–C) groups is 1. The van der Waals surface area contributed by atoms with E-state index in [1.54, 1.807) is 25.2 Å². The number of anilines is 1. The van der Waals surface area contributed by atoms with Crippen LogP contribution in [0.1, 0.15) is 18.1 Å². The first-order valence-electron chi connectivity index (χ1n) is 10.3. The number of methoxy groups -OCH3 is 2. The number of rotatable bonds is 7. The van der Waals surface area contributed by atoms with Crippen molar-refractivity contribution < 1.29 is 19.0 Å². The van der Waals surface area contributed by atoms with E-state index < -0.39 is 0 Å². The lowest BCUT2D eigenvalue weighted by atomic mass is 10.1. The van der Waals surface area contributed by atoms with E-state index in [0.29, 0.717) is 29.6 Å². The zero-order chi connectivity index (χ0) is 22.5.